The van der Waals surface area contributed by atoms with Gasteiger partial charge in [-0.05, 0) is 36.8 Å². The molecule has 0 bridgehead atoms. The Bertz CT molecular complexity index is 1320. The molecule has 4 aromatic rings. The number of nitrogens with one attached hydrogen (secondary N) is 1. The number of carbonyl (C=O) groups excluding carboxylic acids is 2. The van der Waals surface area contributed by atoms with E-state index in [1.165, 1.54) is 0 Å². The molecule has 5 rings (SSSR count). The Labute approximate surface area is 185 Å². The Kier molecular flexibility index (Phi) is 5.25. The second-order valence-electron chi connectivity index (χ2n) is 7.81. The topological polar surface area (TPSA) is 88.2 Å². The van der Waals surface area contributed by atoms with Crippen molar-refractivity contribution in [3.63, 3.8) is 0 Å². The number of ketones is 1. The van der Waals surface area contributed by atoms with E-state index in [1.807, 2.05) is 53.4 Å². The molecule has 0 atom stereocenters. The lowest BCUT2D eigenvalue weighted by molar-refractivity contribution is 0.0303. The second kappa shape index (κ2) is 8.36. The number of aromatic nitrogens is 3. The number of fused-ring (bicyclic) bond motifs is 1. The van der Waals surface area contributed by atoms with E-state index in [2.05, 4.69) is 15.2 Å². The molecule has 32 heavy (non-hydrogen) atoms. The van der Waals surface area contributed by atoms with Gasteiger partial charge in [-0.25, -0.2) is 4.98 Å². The maximum atomic E-state index is 12.9. The molecule has 2 aromatic heterocycles. The first kappa shape index (κ1) is 20.1. The van der Waals surface area contributed by atoms with Crippen LogP contribution in [-0.4, -0.2) is 58.1 Å². The summed E-state index contributed by atoms with van der Waals surface area (Å²) in [5, 5.41) is 8.26. The molecule has 0 radical (unpaired) electrons. The summed E-state index contributed by atoms with van der Waals surface area (Å²) in [7, 11) is 0. The average molecular weight is 426 g/mol. The first-order valence-electron chi connectivity index (χ1n) is 10.5. The smallest absolute Gasteiger partial charge is 0.254 e. The standard InChI is InChI=1S/C25H22N4O3/c1-16(30)17-4-2-6-19(12-17)23-22-14-21(15-26-24(22)28-27-23)18-5-3-7-20(13-18)25(31)29-8-10-32-11-9-29/h2-7,12-15H,8-11H2,1H3,(H,26,27,28). The predicted molar refractivity (Wildman–Crippen MR) is 121 cm³/mol. The summed E-state index contributed by atoms with van der Waals surface area (Å²) in [6.07, 6.45) is 1.77. The Morgan fingerprint density at radius 3 is 2.44 bits per heavy atom. The van der Waals surface area contributed by atoms with E-state index in [0.717, 1.165) is 27.8 Å². The van der Waals surface area contributed by atoms with Gasteiger partial charge in [0.1, 0.15) is 5.69 Å². The van der Waals surface area contributed by atoms with Crippen LogP contribution < -0.4 is 0 Å². The van der Waals surface area contributed by atoms with E-state index in [0.29, 0.717) is 43.1 Å². The van der Waals surface area contributed by atoms with Gasteiger partial charge >= 0.3 is 0 Å². The SMILES string of the molecule is CC(=O)c1cccc(-c2n[nH]c3ncc(-c4cccc(C(=O)N5CCOCC5)c4)cc23)c1. The van der Waals surface area contributed by atoms with Gasteiger partial charge in [0, 0.05) is 46.9 Å². The Morgan fingerprint density at radius 2 is 1.66 bits per heavy atom. The number of amides is 1. The maximum absolute atomic E-state index is 12.9. The van der Waals surface area contributed by atoms with Gasteiger partial charge < -0.3 is 9.64 Å². The van der Waals surface area contributed by atoms with E-state index in [4.69, 9.17) is 4.74 Å². The van der Waals surface area contributed by atoms with Crippen LogP contribution in [0.4, 0.5) is 0 Å². The highest BCUT2D eigenvalue weighted by Gasteiger charge is 2.19. The summed E-state index contributed by atoms with van der Waals surface area (Å²) in [4.78, 5) is 31.0. The molecule has 1 aliphatic rings. The molecule has 0 spiro atoms. The normalized spacial score (nSPS) is 14.0. The minimum Gasteiger partial charge on any atom is -0.378 e. The van der Waals surface area contributed by atoms with Gasteiger partial charge in [-0.1, -0.05) is 30.3 Å². The van der Waals surface area contributed by atoms with Crippen LogP contribution in [-0.2, 0) is 4.74 Å². The predicted octanol–water partition coefficient (Wildman–Crippen LogP) is 3.97. The molecule has 7 nitrogen and oxygen atoms in total. The quantitative estimate of drug-likeness (QED) is 0.499. The molecular formula is C25H22N4O3. The van der Waals surface area contributed by atoms with Crippen molar-refractivity contribution in [1.29, 1.82) is 0 Å². The zero-order chi connectivity index (χ0) is 22.1. The van der Waals surface area contributed by atoms with Crippen molar-refractivity contribution < 1.29 is 14.3 Å². The summed E-state index contributed by atoms with van der Waals surface area (Å²) < 4.78 is 5.35. The monoisotopic (exact) mass is 426 g/mol. The van der Waals surface area contributed by atoms with Gasteiger partial charge in [0.25, 0.3) is 5.91 Å². The number of aromatic amines is 1. The zero-order valence-corrected chi connectivity index (χ0v) is 17.7. The van der Waals surface area contributed by atoms with E-state index >= 15 is 0 Å². The minimum absolute atomic E-state index is 0.00672. The summed E-state index contributed by atoms with van der Waals surface area (Å²) >= 11 is 0. The van der Waals surface area contributed by atoms with Gasteiger partial charge in [-0.15, -0.1) is 0 Å². The molecule has 0 unspecified atom stereocenters. The van der Waals surface area contributed by atoms with E-state index in [9.17, 15) is 9.59 Å². The van der Waals surface area contributed by atoms with Crippen LogP contribution in [0.15, 0.2) is 60.8 Å². The minimum atomic E-state index is 0.00672. The van der Waals surface area contributed by atoms with Crippen molar-refractivity contribution in [3.8, 4) is 22.4 Å². The first-order valence-corrected chi connectivity index (χ1v) is 10.5. The van der Waals surface area contributed by atoms with E-state index < -0.39 is 0 Å². The summed E-state index contributed by atoms with van der Waals surface area (Å²) in [5.41, 5.74) is 5.32. The van der Waals surface area contributed by atoms with Crippen LogP contribution in [0, 0.1) is 0 Å². The van der Waals surface area contributed by atoms with Gasteiger partial charge in [-0.3, -0.25) is 14.7 Å². The third-order valence-electron chi connectivity index (χ3n) is 5.70. The molecular weight excluding hydrogens is 404 g/mol. The van der Waals surface area contributed by atoms with Crippen molar-refractivity contribution in [3.05, 3.63) is 71.9 Å². The zero-order valence-electron chi connectivity index (χ0n) is 17.7. The van der Waals surface area contributed by atoms with Gasteiger partial charge in [0.05, 0.1) is 13.2 Å². The highest BCUT2D eigenvalue weighted by molar-refractivity contribution is 5.99. The molecule has 0 saturated carbocycles. The van der Waals surface area contributed by atoms with Crippen LogP contribution in [0.1, 0.15) is 27.6 Å². The lowest BCUT2D eigenvalue weighted by Gasteiger charge is -2.27. The number of H-pyrrole nitrogens is 1. The number of hydrogen-bond donors (Lipinski definition) is 1. The van der Waals surface area contributed by atoms with Crippen LogP contribution in [0.2, 0.25) is 0 Å². The number of pyridine rings is 1. The summed E-state index contributed by atoms with van der Waals surface area (Å²) in [6.45, 7) is 3.90. The number of ether oxygens (including phenoxy) is 1. The van der Waals surface area contributed by atoms with Crippen molar-refractivity contribution in [2.75, 3.05) is 26.3 Å². The fourth-order valence-electron chi connectivity index (χ4n) is 3.95. The fraction of sp³-hybridized carbons (Fsp3) is 0.200. The maximum Gasteiger partial charge on any atom is 0.254 e. The number of morpholine rings is 1. The largest absolute Gasteiger partial charge is 0.378 e. The summed E-state index contributed by atoms with van der Waals surface area (Å²) in [5.74, 6) is 0.0153. The number of nitrogens with zero attached hydrogens (tertiary/aromatic N) is 3. The average Bonchev–Trinajstić information content (AvgIpc) is 3.27. The first-order chi connectivity index (χ1) is 15.6. The number of carbonyl (C=O) groups is 2. The Hall–Kier alpha value is -3.84. The number of benzene rings is 2. The third kappa shape index (κ3) is 3.78. The molecule has 2 aromatic carbocycles. The highest BCUT2D eigenvalue weighted by atomic mass is 16.5. The van der Waals surface area contributed by atoms with Crippen molar-refractivity contribution in [2.45, 2.75) is 6.92 Å². The van der Waals surface area contributed by atoms with Gasteiger partial charge in [0.15, 0.2) is 11.4 Å². The Morgan fingerprint density at radius 1 is 0.938 bits per heavy atom. The molecule has 3 heterocycles. The molecule has 160 valence electrons. The Balaban J connectivity index is 1.52. The van der Waals surface area contributed by atoms with Crippen molar-refractivity contribution in [1.82, 2.24) is 20.1 Å². The molecule has 1 N–H and O–H groups in total. The molecule has 7 heteroatoms. The second-order valence-corrected chi connectivity index (χ2v) is 7.81. The fourth-order valence-corrected chi connectivity index (χ4v) is 3.95. The molecule has 1 fully saturated rings. The number of Topliss-reactive ketones (excluding diaryl/α,β-unsaturated/α-hetero) is 1. The van der Waals surface area contributed by atoms with Crippen molar-refractivity contribution in [2.24, 2.45) is 0 Å². The summed E-state index contributed by atoms with van der Waals surface area (Å²) in [6, 6.07) is 17.0. The van der Waals surface area contributed by atoms with Crippen LogP contribution in [0.25, 0.3) is 33.4 Å². The van der Waals surface area contributed by atoms with Crippen LogP contribution in [0.5, 0.6) is 0 Å². The molecule has 1 amide bonds. The number of rotatable bonds is 4. The van der Waals surface area contributed by atoms with E-state index in [-0.39, 0.29) is 11.7 Å². The van der Waals surface area contributed by atoms with Gasteiger partial charge in [-0.2, -0.15) is 5.10 Å². The van der Waals surface area contributed by atoms with Gasteiger partial charge in [0.2, 0.25) is 0 Å². The van der Waals surface area contributed by atoms with Crippen LogP contribution >= 0.6 is 0 Å². The van der Waals surface area contributed by atoms with E-state index in [1.54, 1.807) is 19.2 Å². The lowest BCUT2D eigenvalue weighted by Crippen LogP contribution is -2.40. The highest BCUT2D eigenvalue weighted by Crippen LogP contribution is 2.30. The van der Waals surface area contributed by atoms with Crippen LogP contribution in [0.3, 0.4) is 0 Å². The third-order valence-corrected chi connectivity index (χ3v) is 5.70. The van der Waals surface area contributed by atoms with Crippen molar-refractivity contribution >= 4 is 22.7 Å². The lowest BCUT2D eigenvalue weighted by atomic mass is 10.0. The molecule has 1 aliphatic heterocycles. The molecule has 0 aliphatic carbocycles. The number of hydrogen-bond acceptors (Lipinski definition) is 5. The molecule has 1 saturated heterocycles.